The van der Waals surface area contributed by atoms with Gasteiger partial charge >= 0.3 is 17.9 Å². The molecule has 0 N–H and O–H groups in total. The highest BCUT2D eigenvalue weighted by Crippen LogP contribution is 2.19. The molecule has 422 valence electrons. The van der Waals surface area contributed by atoms with Crippen LogP contribution in [-0.2, 0) is 28.6 Å². The molecule has 0 spiro atoms. The molecule has 0 aromatic carbocycles. The van der Waals surface area contributed by atoms with Gasteiger partial charge in [0.1, 0.15) is 13.2 Å². The van der Waals surface area contributed by atoms with Crippen LogP contribution in [0.5, 0.6) is 0 Å². The summed E-state index contributed by atoms with van der Waals surface area (Å²) in [5.41, 5.74) is 0. The molecule has 0 aromatic heterocycles. The van der Waals surface area contributed by atoms with E-state index in [0.717, 1.165) is 69.6 Å². The van der Waals surface area contributed by atoms with Crippen molar-refractivity contribution in [1.29, 1.82) is 0 Å². The molecular weight excluding hydrogens is 877 g/mol. The summed E-state index contributed by atoms with van der Waals surface area (Å²) in [4.78, 5) is 38.3. The zero-order valence-electron chi connectivity index (χ0n) is 48.9. The van der Waals surface area contributed by atoms with Crippen molar-refractivity contribution in [2.24, 2.45) is 11.8 Å². The second-order valence-electron chi connectivity index (χ2n) is 23.1. The molecule has 0 aliphatic heterocycles. The van der Waals surface area contributed by atoms with Gasteiger partial charge in [0.15, 0.2) is 6.10 Å². The first-order valence-corrected chi connectivity index (χ1v) is 32.3. The summed E-state index contributed by atoms with van der Waals surface area (Å²) in [6.45, 7) is 11.5. The lowest BCUT2D eigenvalue weighted by molar-refractivity contribution is -0.167. The minimum Gasteiger partial charge on any atom is -0.462 e. The lowest BCUT2D eigenvalue weighted by Crippen LogP contribution is -2.30. The van der Waals surface area contributed by atoms with Crippen molar-refractivity contribution in [3.63, 3.8) is 0 Å². The minimum atomic E-state index is -0.763. The van der Waals surface area contributed by atoms with Gasteiger partial charge in [-0.2, -0.15) is 0 Å². The maximum absolute atomic E-state index is 12.9. The van der Waals surface area contributed by atoms with E-state index in [1.165, 1.54) is 257 Å². The van der Waals surface area contributed by atoms with Crippen LogP contribution in [0.25, 0.3) is 0 Å². The van der Waals surface area contributed by atoms with Gasteiger partial charge in [0.05, 0.1) is 0 Å². The van der Waals surface area contributed by atoms with Crippen molar-refractivity contribution >= 4 is 17.9 Å². The van der Waals surface area contributed by atoms with Crippen LogP contribution in [0.3, 0.4) is 0 Å². The summed E-state index contributed by atoms with van der Waals surface area (Å²) >= 11 is 0. The van der Waals surface area contributed by atoms with Crippen LogP contribution in [0.1, 0.15) is 369 Å². The summed E-state index contributed by atoms with van der Waals surface area (Å²) in [6.07, 6.45) is 63.8. The van der Waals surface area contributed by atoms with Crippen LogP contribution in [-0.4, -0.2) is 37.2 Å². The number of carbonyl (C=O) groups is 3. The van der Waals surface area contributed by atoms with Gasteiger partial charge in [-0.3, -0.25) is 14.4 Å². The molecule has 0 bridgehead atoms. The highest BCUT2D eigenvalue weighted by Gasteiger charge is 2.19. The third-order valence-corrected chi connectivity index (χ3v) is 15.3. The third kappa shape index (κ3) is 57.5. The summed E-state index contributed by atoms with van der Waals surface area (Å²) < 4.78 is 17.0. The molecule has 0 fully saturated rings. The smallest absolute Gasteiger partial charge is 0.306 e. The molecule has 0 amide bonds. The lowest BCUT2D eigenvalue weighted by Gasteiger charge is -2.18. The number of ether oxygens (including phenoxy) is 3. The first-order chi connectivity index (χ1) is 34.8. The van der Waals surface area contributed by atoms with Crippen LogP contribution in [0.4, 0.5) is 0 Å². The Balaban J connectivity index is 4.25. The average molecular weight is 1000 g/mol. The van der Waals surface area contributed by atoms with E-state index in [-0.39, 0.29) is 31.1 Å². The van der Waals surface area contributed by atoms with Crippen molar-refractivity contribution in [3.8, 4) is 0 Å². The normalized spacial score (nSPS) is 12.4. The second kappa shape index (κ2) is 57.7. The van der Waals surface area contributed by atoms with E-state index in [1.807, 2.05) is 0 Å². The van der Waals surface area contributed by atoms with Gasteiger partial charge in [-0.05, 0) is 31.1 Å². The third-order valence-electron chi connectivity index (χ3n) is 15.3. The summed E-state index contributed by atoms with van der Waals surface area (Å²) in [7, 11) is 0. The standard InChI is InChI=1S/C65H126O6/c1-6-8-9-10-11-12-13-14-19-25-30-35-40-45-50-55-63(66)69-58-62(71-65(68)57-52-47-42-37-32-27-22-23-28-33-38-43-48-53-60(3)4)59-70-64(67)56-51-46-41-36-31-26-21-18-16-15-17-20-24-29-34-39-44-49-54-61(5)7-2/h60-62H,6-59H2,1-5H3/t61?,62-/m1/s1. The van der Waals surface area contributed by atoms with Crippen molar-refractivity contribution in [2.75, 3.05) is 13.2 Å². The largest absolute Gasteiger partial charge is 0.462 e. The van der Waals surface area contributed by atoms with Crippen molar-refractivity contribution < 1.29 is 28.6 Å². The molecule has 6 nitrogen and oxygen atoms in total. The number of rotatable bonds is 59. The van der Waals surface area contributed by atoms with E-state index in [2.05, 4.69) is 34.6 Å². The van der Waals surface area contributed by atoms with Gasteiger partial charge in [0.25, 0.3) is 0 Å². The maximum Gasteiger partial charge on any atom is 0.306 e. The molecule has 6 heteroatoms. The monoisotopic (exact) mass is 1000 g/mol. The fourth-order valence-corrected chi connectivity index (χ4v) is 10.1. The van der Waals surface area contributed by atoms with Crippen LogP contribution in [0.15, 0.2) is 0 Å². The molecule has 0 heterocycles. The Kier molecular flexibility index (Phi) is 56.4. The number of carbonyl (C=O) groups excluding carboxylic acids is 3. The SMILES string of the molecule is CCCCCCCCCCCCCCCCCC(=O)OC[C@H](COC(=O)CCCCCCCCCCCCCCCCCCCCC(C)CC)OC(=O)CCCCCCCCCCCCCCCC(C)C. The quantitative estimate of drug-likeness (QED) is 0.0343. The molecule has 0 aromatic rings. The van der Waals surface area contributed by atoms with Crippen LogP contribution >= 0.6 is 0 Å². The topological polar surface area (TPSA) is 78.9 Å². The Morgan fingerprint density at radius 2 is 0.535 bits per heavy atom. The van der Waals surface area contributed by atoms with Crippen LogP contribution in [0, 0.1) is 11.8 Å². The number of esters is 3. The number of hydrogen-bond acceptors (Lipinski definition) is 6. The molecule has 0 saturated carbocycles. The summed E-state index contributed by atoms with van der Waals surface area (Å²) in [5.74, 6) is 0.917. The number of hydrogen-bond donors (Lipinski definition) is 0. The summed E-state index contributed by atoms with van der Waals surface area (Å²) in [6, 6.07) is 0. The second-order valence-corrected chi connectivity index (χ2v) is 23.1. The average Bonchev–Trinajstić information content (AvgIpc) is 3.36. The van der Waals surface area contributed by atoms with Crippen molar-refractivity contribution in [2.45, 2.75) is 375 Å². The van der Waals surface area contributed by atoms with Crippen molar-refractivity contribution in [3.05, 3.63) is 0 Å². The number of unbranched alkanes of at least 4 members (excludes halogenated alkanes) is 43. The molecule has 0 aliphatic rings. The fraction of sp³-hybridized carbons (Fsp3) is 0.954. The van der Waals surface area contributed by atoms with E-state index in [0.29, 0.717) is 19.3 Å². The molecular formula is C65H126O6. The zero-order valence-corrected chi connectivity index (χ0v) is 48.9. The fourth-order valence-electron chi connectivity index (χ4n) is 10.1. The van der Waals surface area contributed by atoms with E-state index in [1.54, 1.807) is 0 Å². The van der Waals surface area contributed by atoms with E-state index >= 15 is 0 Å². The van der Waals surface area contributed by atoms with E-state index in [9.17, 15) is 14.4 Å². The molecule has 71 heavy (non-hydrogen) atoms. The lowest BCUT2D eigenvalue weighted by atomic mass is 9.99. The summed E-state index contributed by atoms with van der Waals surface area (Å²) in [5, 5.41) is 0. The first-order valence-electron chi connectivity index (χ1n) is 32.3. The predicted octanol–water partition coefficient (Wildman–Crippen LogP) is 21.6. The van der Waals surface area contributed by atoms with E-state index < -0.39 is 6.10 Å². The maximum atomic E-state index is 12.9. The zero-order chi connectivity index (χ0) is 51.8. The Hall–Kier alpha value is -1.59. The van der Waals surface area contributed by atoms with Gasteiger partial charge in [0.2, 0.25) is 0 Å². The molecule has 0 rings (SSSR count). The first kappa shape index (κ1) is 69.4. The van der Waals surface area contributed by atoms with E-state index in [4.69, 9.17) is 14.2 Å². The molecule has 0 radical (unpaired) electrons. The molecule has 0 aliphatic carbocycles. The Bertz CT molecular complexity index is 1090. The molecule has 0 saturated heterocycles. The predicted molar refractivity (Wildman–Crippen MR) is 307 cm³/mol. The molecule has 1 unspecified atom stereocenters. The van der Waals surface area contributed by atoms with Gasteiger partial charge < -0.3 is 14.2 Å². The van der Waals surface area contributed by atoms with Gasteiger partial charge in [-0.1, -0.05) is 330 Å². The highest BCUT2D eigenvalue weighted by atomic mass is 16.6. The van der Waals surface area contributed by atoms with Gasteiger partial charge in [0, 0.05) is 19.3 Å². The Morgan fingerprint density at radius 3 is 0.803 bits per heavy atom. The Morgan fingerprint density at radius 1 is 0.296 bits per heavy atom. The minimum absolute atomic E-state index is 0.0618. The van der Waals surface area contributed by atoms with Gasteiger partial charge in [-0.25, -0.2) is 0 Å². The molecule has 2 atom stereocenters. The van der Waals surface area contributed by atoms with Gasteiger partial charge in [-0.15, -0.1) is 0 Å². The highest BCUT2D eigenvalue weighted by molar-refractivity contribution is 5.71. The van der Waals surface area contributed by atoms with Crippen molar-refractivity contribution in [1.82, 2.24) is 0 Å². The van der Waals surface area contributed by atoms with Crippen LogP contribution in [0.2, 0.25) is 0 Å². The Labute approximate surface area is 444 Å². The van der Waals surface area contributed by atoms with Crippen LogP contribution < -0.4 is 0 Å².